The highest BCUT2D eigenvalue weighted by molar-refractivity contribution is 6.36. The molecule has 0 radical (unpaired) electrons. The molecule has 0 fully saturated rings. The first-order valence-electron chi connectivity index (χ1n) is 8.81. The first-order valence-corrected chi connectivity index (χ1v) is 8.81. The first kappa shape index (κ1) is 18.4. The van der Waals surface area contributed by atoms with Gasteiger partial charge in [0.25, 0.3) is 11.8 Å². The van der Waals surface area contributed by atoms with Crippen molar-refractivity contribution in [2.45, 2.75) is 20.3 Å². The Hall–Kier alpha value is -3.41. The van der Waals surface area contributed by atoms with E-state index >= 15 is 0 Å². The van der Waals surface area contributed by atoms with E-state index in [-0.39, 0.29) is 23.4 Å². The number of benzene rings is 2. The molecule has 1 aliphatic rings. The Kier molecular flexibility index (Phi) is 5.35. The van der Waals surface area contributed by atoms with Gasteiger partial charge in [0.1, 0.15) is 5.70 Å². The zero-order valence-corrected chi connectivity index (χ0v) is 15.3. The highest BCUT2D eigenvalue weighted by Crippen LogP contribution is 2.30. The molecule has 0 aliphatic carbocycles. The molecule has 6 heteroatoms. The Labute approximate surface area is 157 Å². The van der Waals surface area contributed by atoms with Crippen molar-refractivity contribution in [3.05, 3.63) is 65.9 Å². The van der Waals surface area contributed by atoms with Gasteiger partial charge in [-0.3, -0.25) is 19.3 Å². The molecule has 0 bridgehead atoms. The first-order chi connectivity index (χ1) is 13.0. The molecule has 0 saturated heterocycles. The van der Waals surface area contributed by atoms with Crippen LogP contribution in [0.25, 0.3) is 5.57 Å². The molecule has 3 amide bonds. The van der Waals surface area contributed by atoms with Crippen LogP contribution in [0, 0.1) is 0 Å². The average Bonchev–Trinajstić information content (AvgIpc) is 2.88. The maximum absolute atomic E-state index is 12.8. The summed E-state index contributed by atoms with van der Waals surface area (Å²) < 4.78 is 0. The average molecular weight is 363 g/mol. The van der Waals surface area contributed by atoms with Crippen LogP contribution in [0.15, 0.2) is 60.3 Å². The van der Waals surface area contributed by atoms with Crippen LogP contribution < -0.4 is 10.6 Å². The highest BCUT2D eigenvalue weighted by Gasteiger charge is 2.38. The standard InChI is InChI=1S/C21H21N3O3/c1-3-13-24-20(26)18(15-7-5-4-6-8-15)19(21(24)27)23-17-11-9-16(10-12-17)22-14(2)25/h4-12,23H,3,13H2,1-2H3,(H,22,25). The van der Waals surface area contributed by atoms with Gasteiger partial charge in [-0.05, 0) is 36.2 Å². The fourth-order valence-electron chi connectivity index (χ4n) is 2.98. The van der Waals surface area contributed by atoms with Crippen molar-refractivity contribution in [1.29, 1.82) is 0 Å². The van der Waals surface area contributed by atoms with Crippen molar-refractivity contribution in [3.8, 4) is 0 Å². The molecule has 0 aromatic heterocycles. The van der Waals surface area contributed by atoms with Gasteiger partial charge in [0.15, 0.2) is 0 Å². The number of imide groups is 1. The highest BCUT2D eigenvalue weighted by atomic mass is 16.2. The maximum Gasteiger partial charge on any atom is 0.278 e. The van der Waals surface area contributed by atoms with E-state index in [1.165, 1.54) is 11.8 Å². The second-order valence-electron chi connectivity index (χ2n) is 6.26. The molecule has 0 atom stereocenters. The normalized spacial score (nSPS) is 13.9. The number of carbonyl (C=O) groups is 3. The lowest BCUT2D eigenvalue weighted by atomic mass is 10.0. The van der Waals surface area contributed by atoms with Gasteiger partial charge in [-0.15, -0.1) is 0 Å². The van der Waals surface area contributed by atoms with Crippen LogP contribution in [-0.4, -0.2) is 29.2 Å². The van der Waals surface area contributed by atoms with Gasteiger partial charge in [0.2, 0.25) is 5.91 Å². The van der Waals surface area contributed by atoms with E-state index in [9.17, 15) is 14.4 Å². The molecule has 27 heavy (non-hydrogen) atoms. The van der Waals surface area contributed by atoms with E-state index in [1.807, 2.05) is 37.3 Å². The van der Waals surface area contributed by atoms with E-state index in [4.69, 9.17) is 0 Å². The fourth-order valence-corrected chi connectivity index (χ4v) is 2.98. The fraction of sp³-hybridized carbons (Fsp3) is 0.190. The van der Waals surface area contributed by atoms with E-state index in [0.29, 0.717) is 35.5 Å². The topological polar surface area (TPSA) is 78.5 Å². The van der Waals surface area contributed by atoms with Crippen LogP contribution in [-0.2, 0) is 14.4 Å². The van der Waals surface area contributed by atoms with Gasteiger partial charge in [-0.1, -0.05) is 37.3 Å². The largest absolute Gasteiger partial charge is 0.350 e. The van der Waals surface area contributed by atoms with Crippen molar-refractivity contribution in [2.24, 2.45) is 0 Å². The molecule has 1 heterocycles. The summed E-state index contributed by atoms with van der Waals surface area (Å²) in [7, 11) is 0. The molecule has 0 unspecified atom stereocenters. The number of nitrogens with zero attached hydrogens (tertiary/aromatic N) is 1. The Balaban J connectivity index is 1.95. The summed E-state index contributed by atoms with van der Waals surface area (Å²) in [6.45, 7) is 3.74. The second-order valence-corrected chi connectivity index (χ2v) is 6.26. The molecular weight excluding hydrogens is 342 g/mol. The summed E-state index contributed by atoms with van der Waals surface area (Å²) in [5, 5.41) is 5.79. The predicted octanol–water partition coefficient (Wildman–Crippen LogP) is 3.25. The summed E-state index contributed by atoms with van der Waals surface area (Å²) in [5.41, 5.74) is 2.66. The summed E-state index contributed by atoms with van der Waals surface area (Å²) in [5.74, 6) is -0.770. The molecule has 138 valence electrons. The molecule has 2 aromatic carbocycles. The van der Waals surface area contributed by atoms with Gasteiger partial charge in [-0.25, -0.2) is 0 Å². The third kappa shape index (κ3) is 3.89. The number of hydrogen-bond donors (Lipinski definition) is 2. The number of hydrogen-bond acceptors (Lipinski definition) is 4. The number of amides is 3. The van der Waals surface area contributed by atoms with Crippen LogP contribution >= 0.6 is 0 Å². The van der Waals surface area contributed by atoms with Crippen molar-refractivity contribution in [3.63, 3.8) is 0 Å². The molecule has 2 N–H and O–H groups in total. The number of carbonyl (C=O) groups excluding carboxylic acids is 3. The van der Waals surface area contributed by atoms with Gasteiger partial charge < -0.3 is 10.6 Å². The molecule has 0 spiro atoms. The summed E-state index contributed by atoms with van der Waals surface area (Å²) in [4.78, 5) is 38.1. The molecule has 0 saturated carbocycles. The Bertz CT molecular complexity index is 902. The lowest BCUT2D eigenvalue weighted by molar-refractivity contribution is -0.136. The number of rotatable bonds is 6. The smallest absolute Gasteiger partial charge is 0.278 e. The zero-order valence-electron chi connectivity index (χ0n) is 15.3. The van der Waals surface area contributed by atoms with Crippen LogP contribution in [0.4, 0.5) is 11.4 Å². The van der Waals surface area contributed by atoms with Gasteiger partial charge >= 0.3 is 0 Å². The van der Waals surface area contributed by atoms with Crippen molar-refractivity contribution in [2.75, 3.05) is 17.2 Å². The van der Waals surface area contributed by atoms with E-state index in [1.54, 1.807) is 24.3 Å². The van der Waals surface area contributed by atoms with E-state index < -0.39 is 0 Å². The third-order valence-electron chi connectivity index (χ3n) is 4.15. The summed E-state index contributed by atoms with van der Waals surface area (Å²) in [6, 6.07) is 16.1. The van der Waals surface area contributed by atoms with Crippen LogP contribution in [0.3, 0.4) is 0 Å². The van der Waals surface area contributed by atoms with Crippen molar-refractivity contribution < 1.29 is 14.4 Å². The monoisotopic (exact) mass is 363 g/mol. The van der Waals surface area contributed by atoms with Crippen LogP contribution in [0.5, 0.6) is 0 Å². The molecule has 1 aliphatic heterocycles. The minimum atomic E-state index is -0.327. The minimum absolute atomic E-state index is 0.156. The van der Waals surface area contributed by atoms with Crippen LogP contribution in [0.1, 0.15) is 25.8 Å². The maximum atomic E-state index is 12.8. The summed E-state index contributed by atoms with van der Waals surface area (Å²) >= 11 is 0. The Morgan fingerprint density at radius 3 is 2.15 bits per heavy atom. The molecular formula is C21H21N3O3. The van der Waals surface area contributed by atoms with E-state index in [0.717, 1.165) is 0 Å². The predicted molar refractivity (Wildman–Crippen MR) is 105 cm³/mol. The molecule has 3 rings (SSSR count). The summed E-state index contributed by atoms with van der Waals surface area (Å²) in [6.07, 6.45) is 0.693. The SMILES string of the molecule is CCCN1C(=O)C(Nc2ccc(NC(C)=O)cc2)=C(c2ccccc2)C1=O. The zero-order chi connectivity index (χ0) is 19.4. The van der Waals surface area contributed by atoms with Gasteiger partial charge in [-0.2, -0.15) is 0 Å². The lowest BCUT2D eigenvalue weighted by Gasteiger charge is -2.14. The number of anilines is 2. The lowest BCUT2D eigenvalue weighted by Crippen LogP contribution is -2.33. The van der Waals surface area contributed by atoms with Gasteiger partial charge in [0.05, 0.1) is 5.57 Å². The molecule has 6 nitrogen and oxygen atoms in total. The minimum Gasteiger partial charge on any atom is -0.350 e. The second kappa shape index (κ2) is 7.86. The van der Waals surface area contributed by atoms with E-state index in [2.05, 4.69) is 10.6 Å². The van der Waals surface area contributed by atoms with Crippen molar-refractivity contribution in [1.82, 2.24) is 4.90 Å². The van der Waals surface area contributed by atoms with Crippen LogP contribution in [0.2, 0.25) is 0 Å². The molecule has 2 aromatic rings. The third-order valence-corrected chi connectivity index (χ3v) is 4.15. The number of nitrogens with one attached hydrogen (secondary N) is 2. The van der Waals surface area contributed by atoms with Crippen molar-refractivity contribution >= 4 is 34.7 Å². The quantitative estimate of drug-likeness (QED) is 0.772. The Morgan fingerprint density at radius 2 is 1.56 bits per heavy atom. The van der Waals surface area contributed by atoms with Gasteiger partial charge in [0, 0.05) is 24.8 Å². The Morgan fingerprint density at radius 1 is 0.926 bits per heavy atom.